The van der Waals surface area contributed by atoms with Crippen LogP contribution in [0.3, 0.4) is 0 Å². The van der Waals surface area contributed by atoms with E-state index in [1.54, 1.807) is 7.11 Å². The monoisotopic (exact) mass is 451 g/mol. The van der Waals surface area contributed by atoms with Crippen LogP contribution in [0, 0.1) is 13.8 Å². The van der Waals surface area contributed by atoms with Crippen LogP contribution < -0.4 is 4.74 Å². The number of carbonyl (C=O) groups excluding carboxylic acids is 1. The van der Waals surface area contributed by atoms with Gasteiger partial charge in [0.2, 0.25) is 0 Å². The minimum absolute atomic E-state index is 0.105. The molecule has 4 rings (SSSR count). The minimum atomic E-state index is -0.285. The highest BCUT2D eigenvalue weighted by Crippen LogP contribution is 2.31. The Hall–Kier alpha value is -2.64. The van der Waals surface area contributed by atoms with Crippen LogP contribution in [-0.4, -0.2) is 45.6 Å². The van der Waals surface area contributed by atoms with Crippen LogP contribution in [0.1, 0.15) is 41.3 Å². The van der Waals surface area contributed by atoms with Crippen molar-refractivity contribution in [3.63, 3.8) is 0 Å². The van der Waals surface area contributed by atoms with Gasteiger partial charge < -0.3 is 9.47 Å². The Morgan fingerprint density at radius 1 is 1.22 bits per heavy atom. The molecule has 2 heterocycles. The number of hydrogen-bond donors (Lipinski definition) is 0. The number of hydrogen-bond acceptors (Lipinski definition) is 6. The Morgan fingerprint density at radius 2 is 2.00 bits per heavy atom. The second kappa shape index (κ2) is 9.88. The van der Waals surface area contributed by atoms with Crippen LogP contribution >= 0.6 is 11.8 Å². The van der Waals surface area contributed by atoms with Crippen molar-refractivity contribution in [3.8, 4) is 17.1 Å². The molecule has 0 N–H and O–H groups in total. The lowest BCUT2D eigenvalue weighted by atomic mass is 10.0. The molecule has 7 heteroatoms. The van der Waals surface area contributed by atoms with Crippen molar-refractivity contribution in [2.45, 2.75) is 56.7 Å². The maximum absolute atomic E-state index is 13.2. The van der Waals surface area contributed by atoms with Crippen molar-refractivity contribution in [1.82, 2.24) is 14.8 Å². The number of thioether (sulfide) groups is 1. The summed E-state index contributed by atoms with van der Waals surface area (Å²) in [5, 5.41) is 9.40. The Morgan fingerprint density at radius 3 is 2.69 bits per heavy atom. The molecular formula is C25H29N3O3S. The number of rotatable bonds is 8. The maximum Gasteiger partial charge on any atom is 0.192 e. The Labute approximate surface area is 193 Å². The average Bonchev–Trinajstić information content (AvgIpc) is 3.46. The molecule has 6 nitrogen and oxygen atoms in total. The molecule has 3 aromatic rings. The number of Topliss-reactive ketones (excluding diaryl/α,β-unsaturated/α-hetero) is 1. The summed E-state index contributed by atoms with van der Waals surface area (Å²) in [4.78, 5) is 13.2. The fourth-order valence-electron chi connectivity index (χ4n) is 3.92. The van der Waals surface area contributed by atoms with E-state index in [2.05, 4.69) is 14.8 Å². The third kappa shape index (κ3) is 4.89. The van der Waals surface area contributed by atoms with Crippen molar-refractivity contribution in [2.75, 3.05) is 13.7 Å². The van der Waals surface area contributed by atoms with Crippen LogP contribution in [0.15, 0.2) is 47.6 Å². The average molecular weight is 452 g/mol. The summed E-state index contributed by atoms with van der Waals surface area (Å²) in [6, 6.07) is 13.8. The molecule has 32 heavy (non-hydrogen) atoms. The van der Waals surface area contributed by atoms with Gasteiger partial charge in [-0.2, -0.15) is 0 Å². The van der Waals surface area contributed by atoms with Crippen molar-refractivity contribution >= 4 is 17.5 Å². The van der Waals surface area contributed by atoms with Crippen LogP contribution in [0.4, 0.5) is 0 Å². The van der Waals surface area contributed by atoms with Gasteiger partial charge in [-0.15, -0.1) is 10.2 Å². The molecule has 2 aromatic carbocycles. The standard InChI is InChI=1S/C25H29N3O3S/c1-16-7-8-17(2)22(14-16)23(29)18(3)32-25-27-26-24(19-9-11-20(30-4)12-10-19)28(25)15-21-6-5-13-31-21/h7-12,14,18,21H,5-6,13,15H2,1-4H3. The van der Waals surface area contributed by atoms with E-state index in [1.165, 1.54) is 11.8 Å². The normalized spacial score (nSPS) is 16.8. The number of benzene rings is 2. The number of methoxy groups -OCH3 is 1. The molecule has 0 amide bonds. The highest BCUT2D eigenvalue weighted by atomic mass is 32.2. The molecule has 0 aliphatic carbocycles. The van der Waals surface area contributed by atoms with E-state index in [1.807, 2.05) is 63.2 Å². The topological polar surface area (TPSA) is 66.2 Å². The highest BCUT2D eigenvalue weighted by Gasteiger charge is 2.25. The summed E-state index contributed by atoms with van der Waals surface area (Å²) in [7, 11) is 1.65. The smallest absolute Gasteiger partial charge is 0.192 e. The molecule has 0 saturated carbocycles. The van der Waals surface area contributed by atoms with Crippen molar-refractivity contribution < 1.29 is 14.3 Å². The predicted octanol–water partition coefficient (Wildman–Crippen LogP) is 5.11. The number of aromatic nitrogens is 3. The van der Waals surface area contributed by atoms with Gasteiger partial charge in [0.25, 0.3) is 0 Å². The second-order valence-electron chi connectivity index (χ2n) is 8.22. The lowest BCUT2D eigenvalue weighted by molar-refractivity contribution is 0.0953. The number of aryl methyl sites for hydroxylation is 2. The number of carbonyl (C=O) groups is 1. The van der Waals surface area contributed by atoms with Gasteiger partial charge in [0.15, 0.2) is 16.8 Å². The minimum Gasteiger partial charge on any atom is -0.497 e. The first-order valence-corrected chi connectivity index (χ1v) is 11.8. The summed E-state index contributed by atoms with van der Waals surface area (Å²) < 4.78 is 13.3. The number of ketones is 1. The van der Waals surface area contributed by atoms with Crippen LogP contribution in [0.5, 0.6) is 5.75 Å². The fraction of sp³-hybridized carbons (Fsp3) is 0.400. The van der Waals surface area contributed by atoms with Crippen molar-refractivity contribution in [3.05, 3.63) is 59.2 Å². The van der Waals surface area contributed by atoms with Gasteiger partial charge in [-0.05, 0) is 69.5 Å². The van der Waals surface area contributed by atoms with E-state index in [9.17, 15) is 4.79 Å². The lowest BCUT2D eigenvalue weighted by Gasteiger charge is -2.17. The zero-order valence-electron chi connectivity index (χ0n) is 19.0. The van der Waals surface area contributed by atoms with Crippen LogP contribution in [0.25, 0.3) is 11.4 Å². The molecule has 1 aromatic heterocycles. The van der Waals surface area contributed by atoms with Gasteiger partial charge >= 0.3 is 0 Å². The first kappa shape index (κ1) is 22.6. The van der Waals surface area contributed by atoms with E-state index in [0.717, 1.165) is 58.4 Å². The van der Waals surface area contributed by atoms with Gasteiger partial charge in [-0.3, -0.25) is 9.36 Å². The van der Waals surface area contributed by atoms with Gasteiger partial charge in [0.05, 0.1) is 25.0 Å². The zero-order valence-corrected chi connectivity index (χ0v) is 19.8. The molecule has 2 atom stereocenters. The lowest BCUT2D eigenvalue weighted by Crippen LogP contribution is -2.19. The molecule has 2 unspecified atom stereocenters. The third-order valence-electron chi connectivity index (χ3n) is 5.79. The van der Waals surface area contributed by atoms with Gasteiger partial charge in [0.1, 0.15) is 5.75 Å². The van der Waals surface area contributed by atoms with Crippen molar-refractivity contribution in [2.24, 2.45) is 0 Å². The third-order valence-corrected chi connectivity index (χ3v) is 6.87. The molecule has 1 aliphatic rings. The van der Waals surface area contributed by atoms with E-state index >= 15 is 0 Å². The van der Waals surface area contributed by atoms with E-state index in [4.69, 9.17) is 9.47 Å². The van der Waals surface area contributed by atoms with E-state index < -0.39 is 0 Å². The summed E-state index contributed by atoms with van der Waals surface area (Å²) in [6.07, 6.45) is 2.21. The number of nitrogens with zero attached hydrogens (tertiary/aromatic N) is 3. The first-order valence-electron chi connectivity index (χ1n) is 10.9. The Bertz CT molecular complexity index is 1090. The van der Waals surface area contributed by atoms with Crippen LogP contribution in [0.2, 0.25) is 0 Å². The summed E-state index contributed by atoms with van der Waals surface area (Å²) in [6.45, 7) is 7.38. The molecule has 0 spiro atoms. The fourth-order valence-corrected chi connectivity index (χ4v) is 4.84. The van der Waals surface area contributed by atoms with Gasteiger partial charge in [-0.1, -0.05) is 29.5 Å². The molecule has 0 bridgehead atoms. The molecular weight excluding hydrogens is 422 g/mol. The Kier molecular flexibility index (Phi) is 6.96. The number of ether oxygens (including phenoxy) is 2. The van der Waals surface area contributed by atoms with E-state index in [-0.39, 0.29) is 17.1 Å². The molecule has 1 fully saturated rings. The summed E-state index contributed by atoms with van der Waals surface area (Å²) in [5.74, 6) is 1.67. The summed E-state index contributed by atoms with van der Waals surface area (Å²) in [5.41, 5.74) is 3.80. The molecule has 1 saturated heterocycles. The Balaban J connectivity index is 1.62. The predicted molar refractivity (Wildman–Crippen MR) is 127 cm³/mol. The SMILES string of the molecule is COc1ccc(-c2nnc(SC(C)C(=O)c3cc(C)ccc3C)n2CC2CCCO2)cc1. The van der Waals surface area contributed by atoms with Gasteiger partial charge in [0, 0.05) is 17.7 Å². The molecule has 168 valence electrons. The summed E-state index contributed by atoms with van der Waals surface area (Å²) >= 11 is 1.45. The quantitative estimate of drug-likeness (QED) is 0.350. The van der Waals surface area contributed by atoms with Crippen molar-refractivity contribution in [1.29, 1.82) is 0 Å². The second-order valence-corrected chi connectivity index (χ2v) is 9.53. The van der Waals surface area contributed by atoms with E-state index in [0.29, 0.717) is 6.54 Å². The molecule has 1 aliphatic heterocycles. The largest absolute Gasteiger partial charge is 0.497 e. The zero-order chi connectivity index (χ0) is 22.7. The van der Waals surface area contributed by atoms with Gasteiger partial charge in [-0.25, -0.2) is 0 Å². The maximum atomic E-state index is 13.2. The van der Waals surface area contributed by atoms with Crippen LogP contribution in [-0.2, 0) is 11.3 Å². The highest BCUT2D eigenvalue weighted by molar-refractivity contribution is 8.00. The molecule has 0 radical (unpaired) electrons. The first-order chi connectivity index (χ1) is 15.5.